The van der Waals surface area contributed by atoms with Crippen molar-refractivity contribution in [2.24, 2.45) is 11.8 Å². The summed E-state index contributed by atoms with van der Waals surface area (Å²) in [6.07, 6.45) is 3.23. The van der Waals surface area contributed by atoms with E-state index in [2.05, 4.69) is 4.90 Å². The maximum Gasteiger partial charge on any atom is 0.225 e. The van der Waals surface area contributed by atoms with E-state index in [1.807, 2.05) is 32.6 Å². The van der Waals surface area contributed by atoms with Gasteiger partial charge in [-0.3, -0.25) is 9.59 Å². The Morgan fingerprint density at radius 3 is 2.00 bits per heavy atom. The Balaban J connectivity index is 0.000000181. The molecule has 6 nitrogen and oxygen atoms in total. The van der Waals surface area contributed by atoms with Crippen LogP contribution in [0.15, 0.2) is 0 Å². The molecule has 3 aliphatic rings. The Morgan fingerprint density at radius 2 is 1.44 bits per heavy atom. The second kappa shape index (κ2) is 9.53. The lowest BCUT2D eigenvalue weighted by Crippen LogP contribution is -2.50. The van der Waals surface area contributed by atoms with Crippen LogP contribution in [-0.4, -0.2) is 73.2 Å². The molecule has 6 heteroatoms. The minimum Gasteiger partial charge on any atom is -0.380 e. The molecule has 3 aliphatic heterocycles. The van der Waals surface area contributed by atoms with Crippen LogP contribution in [0.2, 0.25) is 0 Å². The van der Waals surface area contributed by atoms with Gasteiger partial charge in [0, 0.05) is 31.5 Å². The molecule has 0 aliphatic carbocycles. The molecule has 3 fully saturated rings. The summed E-state index contributed by atoms with van der Waals surface area (Å²) in [6, 6.07) is 0.738. The minimum absolute atomic E-state index is 0.114. The first-order valence-corrected chi connectivity index (χ1v) is 9.68. The molecule has 0 saturated carbocycles. The smallest absolute Gasteiger partial charge is 0.225 e. The molecule has 0 spiro atoms. The summed E-state index contributed by atoms with van der Waals surface area (Å²) in [5, 5.41) is 0. The largest absolute Gasteiger partial charge is 0.380 e. The summed E-state index contributed by atoms with van der Waals surface area (Å²) in [6.45, 7) is 12.4. The van der Waals surface area contributed by atoms with Crippen LogP contribution in [0.4, 0.5) is 0 Å². The molecule has 0 N–H and O–H groups in total. The van der Waals surface area contributed by atoms with E-state index in [1.165, 1.54) is 0 Å². The van der Waals surface area contributed by atoms with E-state index in [0.29, 0.717) is 24.6 Å². The average Bonchev–Trinajstić information content (AvgIpc) is 2.81. The second-order valence-corrected chi connectivity index (χ2v) is 7.77. The van der Waals surface area contributed by atoms with E-state index in [0.717, 1.165) is 52.2 Å². The monoisotopic (exact) mass is 354 g/mol. The molecule has 0 aromatic carbocycles. The minimum atomic E-state index is 0.114. The predicted octanol–water partition coefficient (Wildman–Crippen LogP) is 1.92. The van der Waals surface area contributed by atoms with Crippen molar-refractivity contribution in [3.63, 3.8) is 0 Å². The van der Waals surface area contributed by atoms with Crippen LogP contribution < -0.4 is 0 Å². The van der Waals surface area contributed by atoms with E-state index in [-0.39, 0.29) is 17.7 Å². The van der Waals surface area contributed by atoms with Gasteiger partial charge in [-0.2, -0.15) is 0 Å². The zero-order valence-corrected chi connectivity index (χ0v) is 16.2. The Kier molecular flexibility index (Phi) is 7.69. The van der Waals surface area contributed by atoms with Crippen molar-refractivity contribution in [3.8, 4) is 0 Å². The van der Waals surface area contributed by atoms with E-state index >= 15 is 0 Å². The molecule has 144 valence electrons. The highest BCUT2D eigenvalue weighted by molar-refractivity contribution is 5.79. The standard InChI is InChI=1S/C10H17NO2.C9H17NO2/c1-7(2)10(12)11-8-3-4-9(11)6-13-5-8;1-8(2)9(11)10-4-3-6-12-7-5-10/h7-9H,3-6H2,1-2H3;8H,3-7H2,1-2H3. The molecule has 2 amide bonds. The van der Waals surface area contributed by atoms with Crippen LogP contribution in [0.3, 0.4) is 0 Å². The first-order valence-electron chi connectivity index (χ1n) is 9.68. The number of hydrogen-bond donors (Lipinski definition) is 0. The third-order valence-corrected chi connectivity index (χ3v) is 5.02. The molecule has 2 unspecified atom stereocenters. The number of carbonyl (C=O) groups excluding carboxylic acids is 2. The van der Waals surface area contributed by atoms with E-state index in [1.54, 1.807) is 0 Å². The fourth-order valence-corrected chi connectivity index (χ4v) is 3.62. The van der Waals surface area contributed by atoms with E-state index < -0.39 is 0 Å². The van der Waals surface area contributed by atoms with E-state index in [4.69, 9.17) is 9.47 Å². The van der Waals surface area contributed by atoms with Crippen molar-refractivity contribution in [3.05, 3.63) is 0 Å². The van der Waals surface area contributed by atoms with Gasteiger partial charge >= 0.3 is 0 Å². The van der Waals surface area contributed by atoms with Crippen LogP contribution in [-0.2, 0) is 19.1 Å². The first-order chi connectivity index (χ1) is 11.9. The van der Waals surface area contributed by atoms with Crippen molar-refractivity contribution < 1.29 is 19.1 Å². The number of nitrogens with zero attached hydrogens (tertiary/aromatic N) is 2. The second-order valence-electron chi connectivity index (χ2n) is 7.77. The quantitative estimate of drug-likeness (QED) is 0.760. The van der Waals surface area contributed by atoms with Crippen LogP contribution in [0.1, 0.15) is 47.0 Å². The molecule has 0 radical (unpaired) electrons. The van der Waals surface area contributed by atoms with Gasteiger partial charge < -0.3 is 19.3 Å². The maximum atomic E-state index is 11.8. The van der Waals surface area contributed by atoms with Crippen molar-refractivity contribution in [2.75, 3.05) is 39.5 Å². The van der Waals surface area contributed by atoms with Gasteiger partial charge in [0.05, 0.1) is 31.9 Å². The molecule has 2 bridgehead atoms. The third-order valence-electron chi connectivity index (χ3n) is 5.02. The summed E-state index contributed by atoms with van der Waals surface area (Å²) in [5.41, 5.74) is 0. The van der Waals surface area contributed by atoms with Crippen molar-refractivity contribution in [1.82, 2.24) is 9.80 Å². The van der Waals surface area contributed by atoms with Gasteiger partial charge in [-0.05, 0) is 19.3 Å². The first kappa shape index (κ1) is 20.2. The summed E-state index contributed by atoms with van der Waals surface area (Å²) < 4.78 is 10.7. The van der Waals surface area contributed by atoms with Crippen LogP contribution in [0, 0.1) is 11.8 Å². The van der Waals surface area contributed by atoms with Crippen LogP contribution >= 0.6 is 0 Å². The maximum absolute atomic E-state index is 11.8. The third kappa shape index (κ3) is 5.42. The molecule has 3 heterocycles. The topological polar surface area (TPSA) is 59.1 Å². The van der Waals surface area contributed by atoms with Crippen LogP contribution in [0.25, 0.3) is 0 Å². The molecule has 25 heavy (non-hydrogen) atoms. The zero-order chi connectivity index (χ0) is 18.4. The molecule has 2 atom stereocenters. The fraction of sp³-hybridized carbons (Fsp3) is 0.895. The highest BCUT2D eigenvalue weighted by Crippen LogP contribution is 2.29. The highest BCUT2D eigenvalue weighted by Gasteiger charge is 2.40. The summed E-state index contributed by atoms with van der Waals surface area (Å²) >= 11 is 0. The lowest BCUT2D eigenvalue weighted by atomic mass is 10.1. The summed E-state index contributed by atoms with van der Waals surface area (Å²) in [5.74, 6) is 0.792. The number of ether oxygens (including phenoxy) is 2. The number of amides is 2. The Morgan fingerprint density at radius 1 is 0.840 bits per heavy atom. The SMILES string of the molecule is CC(C)C(=O)N1C2CCC1COC2.CC(C)C(=O)N1CCCOCC1. The van der Waals surface area contributed by atoms with Gasteiger partial charge in [-0.1, -0.05) is 27.7 Å². The molecule has 0 aromatic heterocycles. The Bertz CT molecular complexity index is 429. The van der Waals surface area contributed by atoms with Crippen molar-refractivity contribution >= 4 is 11.8 Å². The Hall–Kier alpha value is -1.14. The van der Waals surface area contributed by atoms with Gasteiger partial charge in [-0.15, -0.1) is 0 Å². The number of hydrogen-bond acceptors (Lipinski definition) is 4. The average molecular weight is 354 g/mol. The number of carbonyl (C=O) groups is 2. The summed E-state index contributed by atoms with van der Waals surface area (Å²) in [7, 11) is 0. The fourth-order valence-electron chi connectivity index (χ4n) is 3.62. The molecular weight excluding hydrogens is 320 g/mol. The lowest BCUT2D eigenvalue weighted by Gasteiger charge is -2.35. The predicted molar refractivity (Wildman–Crippen MR) is 96.2 cm³/mol. The zero-order valence-electron chi connectivity index (χ0n) is 16.2. The van der Waals surface area contributed by atoms with Gasteiger partial charge in [0.25, 0.3) is 0 Å². The number of morpholine rings is 1. The van der Waals surface area contributed by atoms with Crippen LogP contribution in [0.5, 0.6) is 0 Å². The number of rotatable bonds is 2. The van der Waals surface area contributed by atoms with Gasteiger partial charge in [0.1, 0.15) is 0 Å². The van der Waals surface area contributed by atoms with E-state index in [9.17, 15) is 9.59 Å². The lowest BCUT2D eigenvalue weighted by molar-refractivity contribution is -0.144. The van der Waals surface area contributed by atoms with Gasteiger partial charge in [-0.25, -0.2) is 0 Å². The summed E-state index contributed by atoms with van der Waals surface area (Å²) in [4.78, 5) is 27.3. The highest BCUT2D eigenvalue weighted by atomic mass is 16.5. The van der Waals surface area contributed by atoms with Crippen molar-refractivity contribution in [1.29, 1.82) is 0 Å². The molecular formula is C19H34N2O4. The van der Waals surface area contributed by atoms with Gasteiger partial charge in [0.15, 0.2) is 0 Å². The van der Waals surface area contributed by atoms with Gasteiger partial charge in [0.2, 0.25) is 11.8 Å². The molecule has 0 aromatic rings. The van der Waals surface area contributed by atoms with Crippen molar-refractivity contribution in [2.45, 2.75) is 59.0 Å². The Labute approximate surface area is 151 Å². The molecule has 3 rings (SSSR count). The number of fused-ring (bicyclic) bond motifs is 2. The molecule has 3 saturated heterocycles. The normalized spacial score (nSPS) is 26.3.